The number of rotatable bonds is 3. The van der Waals surface area contributed by atoms with Crippen LogP contribution in [0.1, 0.15) is 32.2 Å². The monoisotopic (exact) mass is 304 g/mol. The Kier molecular flexibility index (Phi) is 4.02. The lowest BCUT2D eigenvalue weighted by molar-refractivity contribution is 0.271. The highest BCUT2D eigenvalue weighted by Crippen LogP contribution is 2.37. The highest BCUT2D eigenvalue weighted by atomic mass is 79.9. The summed E-state index contributed by atoms with van der Waals surface area (Å²) in [7, 11) is -1.67. The molecule has 1 aromatic rings. The number of H-pyrrole nitrogens is 1. The third kappa shape index (κ3) is 2.96. The number of aryl methyl sites for hydroxylation is 1. The topological polar surface area (TPSA) is 37.9 Å². The van der Waals surface area contributed by atoms with Crippen molar-refractivity contribution >= 4 is 24.2 Å². The van der Waals surface area contributed by atoms with E-state index in [0.717, 1.165) is 15.9 Å². The van der Waals surface area contributed by atoms with E-state index in [0.29, 0.717) is 6.61 Å². The van der Waals surface area contributed by atoms with Crippen molar-refractivity contribution in [3.63, 3.8) is 0 Å². The second kappa shape index (κ2) is 4.62. The molecule has 0 unspecified atom stereocenters. The van der Waals surface area contributed by atoms with Crippen molar-refractivity contribution in [2.24, 2.45) is 0 Å². The lowest BCUT2D eigenvalue weighted by Crippen LogP contribution is -2.40. The summed E-state index contributed by atoms with van der Waals surface area (Å²) < 4.78 is 7.15. The molecule has 0 aliphatic heterocycles. The number of hydrogen-bond donors (Lipinski definition) is 1. The Morgan fingerprint density at radius 3 is 2.31 bits per heavy atom. The maximum Gasteiger partial charge on any atom is 0.192 e. The summed E-state index contributed by atoms with van der Waals surface area (Å²) in [6.45, 7) is 13.8. The van der Waals surface area contributed by atoms with Crippen molar-refractivity contribution < 1.29 is 4.43 Å². The van der Waals surface area contributed by atoms with E-state index in [1.165, 1.54) is 0 Å². The van der Waals surface area contributed by atoms with E-state index in [-0.39, 0.29) is 5.04 Å². The van der Waals surface area contributed by atoms with Gasteiger partial charge in [0, 0.05) is 0 Å². The molecule has 0 aromatic carbocycles. The van der Waals surface area contributed by atoms with Crippen LogP contribution < -0.4 is 0 Å². The lowest BCUT2D eigenvalue weighted by Gasteiger charge is -2.36. The number of aromatic amines is 1. The van der Waals surface area contributed by atoms with Crippen LogP contribution in [0, 0.1) is 6.92 Å². The van der Waals surface area contributed by atoms with Crippen molar-refractivity contribution in [1.82, 2.24) is 10.2 Å². The van der Waals surface area contributed by atoms with Gasteiger partial charge in [-0.25, -0.2) is 0 Å². The first-order chi connectivity index (χ1) is 7.15. The predicted octanol–water partition coefficient (Wildman–Crippen LogP) is 4.00. The van der Waals surface area contributed by atoms with Gasteiger partial charge < -0.3 is 4.43 Å². The van der Waals surface area contributed by atoms with E-state index in [1.807, 2.05) is 6.92 Å². The van der Waals surface area contributed by atoms with Gasteiger partial charge in [-0.05, 0) is 41.0 Å². The van der Waals surface area contributed by atoms with Crippen LogP contribution in [0.2, 0.25) is 18.1 Å². The zero-order chi connectivity index (χ0) is 12.6. The van der Waals surface area contributed by atoms with Crippen molar-refractivity contribution in [2.75, 3.05) is 0 Å². The zero-order valence-corrected chi connectivity index (χ0v) is 13.5. The maximum absolute atomic E-state index is 6.11. The Morgan fingerprint density at radius 2 is 1.94 bits per heavy atom. The molecule has 0 spiro atoms. The Hall–Kier alpha value is -0.133. The van der Waals surface area contributed by atoms with Gasteiger partial charge in [0.15, 0.2) is 8.32 Å². The minimum atomic E-state index is -1.67. The van der Waals surface area contributed by atoms with Crippen molar-refractivity contribution in [2.45, 2.75) is 52.4 Å². The van der Waals surface area contributed by atoms with Gasteiger partial charge in [-0.2, -0.15) is 5.10 Å². The largest absolute Gasteiger partial charge is 0.411 e. The highest BCUT2D eigenvalue weighted by Gasteiger charge is 2.37. The molecule has 0 aliphatic carbocycles. The second-order valence-electron chi connectivity index (χ2n) is 5.65. The average molecular weight is 305 g/mol. The molecule has 0 atom stereocenters. The maximum atomic E-state index is 6.11. The molecule has 1 heterocycles. The van der Waals surface area contributed by atoms with Gasteiger partial charge in [-0.1, -0.05) is 20.8 Å². The molecule has 1 aromatic heterocycles. The van der Waals surface area contributed by atoms with E-state index in [1.54, 1.807) is 0 Å². The van der Waals surface area contributed by atoms with Crippen molar-refractivity contribution in [3.8, 4) is 0 Å². The standard InChI is InChI=1S/C11H21BrN2OSi/c1-8-10(12)9(14-13-8)7-15-16(5,6)11(2,3)4/h7H2,1-6H3,(H,13,14). The van der Waals surface area contributed by atoms with Crippen molar-refractivity contribution in [3.05, 3.63) is 15.9 Å². The van der Waals surface area contributed by atoms with Crippen LogP contribution in [0.5, 0.6) is 0 Å². The summed E-state index contributed by atoms with van der Waals surface area (Å²) >= 11 is 3.51. The van der Waals surface area contributed by atoms with E-state index >= 15 is 0 Å². The average Bonchev–Trinajstić information content (AvgIpc) is 2.43. The molecule has 1 rings (SSSR count). The number of hydrogen-bond acceptors (Lipinski definition) is 2. The van der Waals surface area contributed by atoms with Crippen LogP contribution in [0.25, 0.3) is 0 Å². The SMILES string of the molecule is Cc1n[nH]c(CO[Si](C)(C)C(C)(C)C)c1Br. The molecule has 92 valence electrons. The zero-order valence-electron chi connectivity index (χ0n) is 10.9. The molecule has 0 saturated heterocycles. The van der Waals surface area contributed by atoms with Gasteiger partial charge >= 0.3 is 0 Å². The van der Waals surface area contributed by atoms with E-state index in [9.17, 15) is 0 Å². The summed E-state index contributed by atoms with van der Waals surface area (Å²) in [6, 6.07) is 0. The molecule has 1 N–H and O–H groups in total. The minimum Gasteiger partial charge on any atom is -0.411 e. The van der Waals surface area contributed by atoms with Gasteiger partial charge in [0.25, 0.3) is 0 Å². The molecule has 0 saturated carbocycles. The molecule has 0 bridgehead atoms. The summed E-state index contributed by atoms with van der Waals surface area (Å²) in [5.41, 5.74) is 2.01. The Labute approximate surface area is 107 Å². The molecule has 0 aliphatic rings. The van der Waals surface area contributed by atoms with Crippen LogP contribution in [-0.2, 0) is 11.0 Å². The van der Waals surface area contributed by atoms with E-state index in [2.05, 4.69) is 60.0 Å². The van der Waals surface area contributed by atoms with E-state index in [4.69, 9.17) is 4.43 Å². The molecule has 3 nitrogen and oxygen atoms in total. The quantitative estimate of drug-likeness (QED) is 0.857. The van der Waals surface area contributed by atoms with E-state index < -0.39 is 8.32 Å². The molecule has 0 amide bonds. The van der Waals surface area contributed by atoms with Crippen LogP contribution in [0.15, 0.2) is 4.47 Å². The molecule has 0 radical (unpaired) electrons. The Balaban J connectivity index is 2.69. The smallest absolute Gasteiger partial charge is 0.192 e. The number of aromatic nitrogens is 2. The van der Waals surface area contributed by atoms with Crippen molar-refractivity contribution in [1.29, 1.82) is 0 Å². The molecular weight excluding hydrogens is 284 g/mol. The highest BCUT2D eigenvalue weighted by molar-refractivity contribution is 9.10. The normalized spacial score (nSPS) is 13.2. The third-order valence-electron chi connectivity index (χ3n) is 3.32. The first-order valence-corrected chi connectivity index (χ1v) is 9.18. The fourth-order valence-corrected chi connectivity index (χ4v) is 2.26. The van der Waals surface area contributed by atoms with Gasteiger partial charge in [0.1, 0.15) is 0 Å². The predicted molar refractivity (Wildman–Crippen MR) is 73.0 cm³/mol. The van der Waals surface area contributed by atoms with Crippen LogP contribution in [0.4, 0.5) is 0 Å². The van der Waals surface area contributed by atoms with Gasteiger partial charge in [0.2, 0.25) is 0 Å². The number of nitrogens with zero attached hydrogens (tertiary/aromatic N) is 1. The Bertz CT molecular complexity index is 369. The fraction of sp³-hybridized carbons (Fsp3) is 0.727. The van der Waals surface area contributed by atoms with Gasteiger partial charge in [-0.15, -0.1) is 0 Å². The van der Waals surface area contributed by atoms with Crippen LogP contribution >= 0.6 is 15.9 Å². The number of halogens is 1. The molecule has 16 heavy (non-hydrogen) atoms. The third-order valence-corrected chi connectivity index (χ3v) is 8.86. The van der Waals surface area contributed by atoms with Crippen LogP contribution in [0.3, 0.4) is 0 Å². The first kappa shape index (κ1) is 13.9. The summed E-state index contributed by atoms with van der Waals surface area (Å²) in [6.07, 6.45) is 0. The first-order valence-electron chi connectivity index (χ1n) is 5.48. The summed E-state index contributed by atoms with van der Waals surface area (Å²) in [4.78, 5) is 0. The fourth-order valence-electron chi connectivity index (χ4n) is 1.03. The van der Waals surface area contributed by atoms with Gasteiger partial charge in [-0.3, -0.25) is 5.10 Å². The molecule has 0 fully saturated rings. The number of nitrogens with one attached hydrogen (secondary N) is 1. The second-order valence-corrected chi connectivity index (χ2v) is 11.3. The lowest BCUT2D eigenvalue weighted by atomic mass is 10.2. The summed E-state index contributed by atoms with van der Waals surface area (Å²) in [5, 5.41) is 7.39. The van der Waals surface area contributed by atoms with Gasteiger partial charge in [0.05, 0.1) is 22.5 Å². The Morgan fingerprint density at radius 1 is 1.38 bits per heavy atom. The summed E-state index contributed by atoms with van der Waals surface area (Å²) in [5.74, 6) is 0. The molecular formula is C11H21BrN2OSi. The van der Waals surface area contributed by atoms with Crippen LogP contribution in [-0.4, -0.2) is 18.5 Å². The minimum absolute atomic E-state index is 0.245. The molecule has 5 heteroatoms.